The van der Waals surface area contributed by atoms with Crippen molar-refractivity contribution in [3.8, 4) is 17.2 Å². The SMILES string of the molecule is Cc1cc(C(=O)N2CC(CO)CC2CO)c(C)n1-c1ccc2c(c1)OCCO2. The van der Waals surface area contributed by atoms with Gasteiger partial charge in [-0.3, -0.25) is 4.79 Å². The Morgan fingerprint density at radius 1 is 1.11 bits per heavy atom. The Bertz CT molecular complexity index is 891. The highest BCUT2D eigenvalue weighted by molar-refractivity contribution is 5.96. The Morgan fingerprint density at radius 2 is 1.86 bits per heavy atom. The van der Waals surface area contributed by atoms with Gasteiger partial charge in [-0.05, 0) is 38.5 Å². The van der Waals surface area contributed by atoms with Crippen LogP contribution in [0.25, 0.3) is 5.69 Å². The average molecular weight is 386 g/mol. The van der Waals surface area contributed by atoms with E-state index in [1.165, 1.54) is 0 Å². The van der Waals surface area contributed by atoms with E-state index in [1.807, 2.05) is 42.7 Å². The van der Waals surface area contributed by atoms with E-state index in [4.69, 9.17) is 9.47 Å². The number of aromatic nitrogens is 1. The Hall–Kier alpha value is -2.51. The molecule has 2 aliphatic rings. The molecule has 1 aromatic carbocycles. The van der Waals surface area contributed by atoms with E-state index >= 15 is 0 Å². The highest BCUT2D eigenvalue weighted by Crippen LogP contribution is 2.34. The number of likely N-dealkylation sites (tertiary alicyclic amines) is 1. The molecule has 2 unspecified atom stereocenters. The lowest BCUT2D eigenvalue weighted by atomic mass is 10.1. The summed E-state index contributed by atoms with van der Waals surface area (Å²) < 4.78 is 13.3. The molecule has 2 aliphatic heterocycles. The summed E-state index contributed by atoms with van der Waals surface area (Å²) in [6.07, 6.45) is 0.625. The summed E-state index contributed by atoms with van der Waals surface area (Å²) in [7, 11) is 0. The third-order valence-corrected chi connectivity index (χ3v) is 5.68. The van der Waals surface area contributed by atoms with Gasteiger partial charge in [-0.15, -0.1) is 0 Å². The molecule has 2 aromatic rings. The maximum Gasteiger partial charge on any atom is 0.256 e. The van der Waals surface area contributed by atoms with Crippen molar-refractivity contribution in [1.82, 2.24) is 9.47 Å². The maximum absolute atomic E-state index is 13.2. The largest absolute Gasteiger partial charge is 0.486 e. The number of hydrogen-bond donors (Lipinski definition) is 2. The van der Waals surface area contributed by atoms with Gasteiger partial charge in [-0.1, -0.05) is 0 Å². The van der Waals surface area contributed by atoms with E-state index < -0.39 is 0 Å². The van der Waals surface area contributed by atoms with Gasteiger partial charge in [0.05, 0.1) is 18.2 Å². The Labute approximate surface area is 164 Å². The maximum atomic E-state index is 13.2. The first-order valence-electron chi connectivity index (χ1n) is 9.65. The number of nitrogens with zero attached hydrogens (tertiary/aromatic N) is 2. The molecule has 0 radical (unpaired) electrons. The summed E-state index contributed by atoms with van der Waals surface area (Å²) in [5.41, 5.74) is 3.30. The van der Waals surface area contributed by atoms with Crippen LogP contribution in [0.2, 0.25) is 0 Å². The minimum absolute atomic E-state index is 0.0161. The van der Waals surface area contributed by atoms with Crippen LogP contribution < -0.4 is 9.47 Å². The van der Waals surface area contributed by atoms with Crippen LogP contribution in [0, 0.1) is 19.8 Å². The molecule has 28 heavy (non-hydrogen) atoms. The molecule has 2 N–H and O–H groups in total. The van der Waals surface area contributed by atoms with Crippen molar-refractivity contribution in [2.45, 2.75) is 26.3 Å². The van der Waals surface area contributed by atoms with Crippen LogP contribution in [0.5, 0.6) is 11.5 Å². The molecule has 1 aromatic heterocycles. The van der Waals surface area contributed by atoms with Crippen molar-refractivity contribution in [1.29, 1.82) is 0 Å². The van der Waals surface area contributed by atoms with E-state index in [-0.39, 0.29) is 31.1 Å². The quantitative estimate of drug-likeness (QED) is 0.835. The number of amides is 1. The molecular formula is C21H26N2O5. The number of carbonyl (C=O) groups is 1. The molecule has 150 valence electrons. The second-order valence-corrected chi connectivity index (χ2v) is 7.53. The summed E-state index contributed by atoms with van der Waals surface area (Å²) in [4.78, 5) is 14.9. The predicted octanol–water partition coefficient (Wildman–Crippen LogP) is 1.68. The fourth-order valence-corrected chi connectivity index (χ4v) is 4.27. The highest BCUT2D eigenvalue weighted by Gasteiger charge is 2.36. The number of rotatable bonds is 4. The summed E-state index contributed by atoms with van der Waals surface area (Å²) in [6.45, 7) is 5.35. The van der Waals surface area contributed by atoms with Gasteiger partial charge >= 0.3 is 0 Å². The monoisotopic (exact) mass is 386 g/mol. The third-order valence-electron chi connectivity index (χ3n) is 5.68. The van der Waals surface area contributed by atoms with E-state index in [9.17, 15) is 15.0 Å². The summed E-state index contributed by atoms with van der Waals surface area (Å²) in [5.74, 6) is 1.34. The molecule has 1 amide bonds. The van der Waals surface area contributed by atoms with Crippen LogP contribution in [0.3, 0.4) is 0 Å². The second kappa shape index (κ2) is 7.48. The number of benzene rings is 1. The highest BCUT2D eigenvalue weighted by atomic mass is 16.6. The summed E-state index contributed by atoms with van der Waals surface area (Å²) in [5, 5.41) is 19.1. The molecule has 0 spiro atoms. The molecule has 1 fully saturated rings. The van der Waals surface area contributed by atoms with Gasteiger partial charge < -0.3 is 29.2 Å². The standard InChI is InChI=1S/C21H26N2O5/c1-13-7-18(21(26)22-10-15(11-24)8-17(22)12-25)14(2)23(13)16-3-4-19-20(9-16)28-6-5-27-19/h3-4,7,9,15,17,24-25H,5-6,8,10-12H2,1-2H3. The molecular weight excluding hydrogens is 360 g/mol. The third kappa shape index (κ3) is 3.14. The summed E-state index contributed by atoms with van der Waals surface area (Å²) >= 11 is 0. The number of ether oxygens (including phenoxy) is 2. The second-order valence-electron chi connectivity index (χ2n) is 7.53. The van der Waals surface area contributed by atoms with Gasteiger partial charge in [0, 0.05) is 42.2 Å². The minimum Gasteiger partial charge on any atom is -0.486 e. The van der Waals surface area contributed by atoms with Crippen LogP contribution in [0.4, 0.5) is 0 Å². The normalized spacial score (nSPS) is 21.2. The van der Waals surface area contributed by atoms with Gasteiger partial charge in [0.15, 0.2) is 11.5 Å². The van der Waals surface area contributed by atoms with Gasteiger partial charge in [-0.2, -0.15) is 0 Å². The zero-order valence-corrected chi connectivity index (χ0v) is 16.2. The first-order valence-corrected chi connectivity index (χ1v) is 9.65. The van der Waals surface area contributed by atoms with Gasteiger partial charge in [0.2, 0.25) is 0 Å². The van der Waals surface area contributed by atoms with E-state index in [0.717, 1.165) is 22.8 Å². The van der Waals surface area contributed by atoms with Crippen molar-refractivity contribution < 1.29 is 24.5 Å². The fourth-order valence-electron chi connectivity index (χ4n) is 4.27. The lowest BCUT2D eigenvalue weighted by molar-refractivity contribution is 0.0672. The first kappa shape index (κ1) is 18.8. The van der Waals surface area contributed by atoms with Gasteiger partial charge in [0.25, 0.3) is 5.91 Å². The minimum atomic E-state index is -0.248. The van der Waals surface area contributed by atoms with E-state index in [0.29, 0.717) is 37.5 Å². The average Bonchev–Trinajstić information content (AvgIpc) is 3.27. The van der Waals surface area contributed by atoms with Crippen LogP contribution in [-0.4, -0.2) is 64.6 Å². The zero-order chi connectivity index (χ0) is 19.8. The van der Waals surface area contributed by atoms with Crippen molar-refractivity contribution in [3.63, 3.8) is 0 Å². The van der Waals surface area contributed by atoms with Crippen molar-refractivity contribution in [2.24, 2.45) is 5.92 Å². The molecule has 2 atom stereocenters. The number of fused-ring (bicyclic) bond motifs is 1. The topological polar surface area (TPSA) is 84.2 Å². The number of carbonyl (C=O) groups excluding carboxylic acids is 1. The molecule has 0 bridgehead atoms. The van der Waals surface area contributed by atoms with Crippen molar-refractivity contribution >= 4 is 5.91 Å². The lowest BCUT2D eigenvalue weighted by Crippen LogP contribution is -2.38. The molecule has 4 rings (SSSR count). The van der Waals surface area contributed by atoms with Crippen molar-refractivity contribution in [3.05, 3.63) is 41.2 Å². The van der Waals surface area contributed by atoms with Crippen LogP contribution in [0.1, 0.15) is 28.2 Å². The number of aliphatic hydroxyl groups is 2. The molecule has 1 saturated heterocycles. The molecule has 3 heterocycles. The Morgan fingerprint density at radius 3 is 2.57 bits per heavy atom. The lowest BCUT2D eigenvalue weighted by Gasteiger charge is -2.23. The molecule has 0 aliphatic carbocycles. The van der Waals surface area contributed by atoms with Crippen molar-refractivity contribution in [2.75, 3.05) is 33.0 Å². The molecule has 0 saturated carbocycles. The first-order chi connectivity index (χ1) is 13.5. The summed E-state index contributed by atoms with van der Waals surface area (Å²) in [6, 6.07) is 7.40. The van der Waals surface area contributed by atoms with Crippen LogP contribution in [0.15, 0.2) is 24.3 Å². The molecule has 7 nitrogen and oxygen atoms in total. The van der Waals surface area contributed by atoms with E-state index in [2.05, 4.69) is 0 Å². The van der Waals surface area contributed by atoms with Gasteiger partial charge in [0.1, 0.15) is 13.2 Å². The number of hydrogen-bond acceptors (Lipinski definition) is 5. The van der Waals surface area contributed by atoms with Crippen LogP contribution >= 0.6 is 0 Å². The fraction of sp³-hybridized carbons (Fsp3) is 0.476. The van der Waals surface area contributed by atoms with Crippen LogP contribution in [-0.2, 0) is 0 Å². The number of aliphatic hydroxyl groups excluding tert-OH is 2. The smallest absolute Gasteiger partial charge is 0.256 e. The molecule has 7 heteroatoms. The Balaban J connectivity index is 1.67. The van der Waals surface area contributed by atoms with E-state index in [1.54, 1.807) is 4.90 Å². The number of aryl methyl sites for hydroxylation is 1. The predicted molar refractivity (Wildman–Crippen MR) is 103 cm³/mol. The van der Waals surface area contributed by atoms with Gasteiger partial charge in [-0.25, -0.2) is 0 Å². The Kier molecular flexibility index (Phi) is 5.03. The zero-order valence-electron chi connectivity index (χ0n) is 16.2.